The van der Waals surface area contributed by atoms with Crippen LogP contribution >= 0.6 is 0 Å². The van der Waals surface area contributed by atoms with E-state index in [4.69, 9.17) is 0 Å². The zero-order chi connectivity index (χ0) is 79.5. The number of unbranched alkanes of at least 4 members (excludes halogenated alkanes) is 3. The molecule has 0 saturated heterocycles. The van der Waals surface area contributed by atoms with Gasteiger partial charge >= 0.3 is 0 Å². The number of carbonyl (C=O) groups excluding carboxylic acids is 8. The van der Waals surface area contributed by atoms with E-state index in [1.165, 1.54) is 148 Å². The van der Waals surface area contributed by atoms with Gasteiger partial charge in [0.1, 0.15) is 46.3 Å². The summed E-state index contributed by atoms with van der Waals surface area (Å²) in [5.74, 6) is 9.55. The highest BCUT2D eigenvalue weighted by molar-refractivity contribution is 5.93. The third-order valence-corrected chi connectivity index (χ3v) is 33.3. The van der Waals surface area contributed by atoms with Gasteiger partial charge in [0.25, 0.3) is 0 Å². The van der Waals surface area contributed by atoms with Crippen molar-refractivity contribution in [3.8, 4) is 0 Å². The Morgan fingerprint density at radius 1 is 0.405 bits per heavy atom. The van der Waals surface area contributed by atoms with Gasteiger partial charge in [-0.3, -0.25) is 33.6 Å². The van der Waals surface area contributed by atoms with Crippen LogP contribution < -0.4 is 0 Å². The van der Waals surface area contributed by atoms with Crippen molar-refractivity contribution in [2.45, 2.75) is 442 Å². The second-order valence-electron chi connectivity index (χ2n) is 43.0. The number of fused-ring (bicyclic) bond motifs is 6. The van der Waals surface area contributed by atoms with Crippen LogP contribution in [0.5, 0.6) is 0 Å². The molecule has 9 saturated carbocycles. The Morgan fingerprint density at radius 3 is 1.81 bits per heavy atom. The summed E-state index contributed by atoms with van der Waals surface area (Å²) >= 11 is 0. The van der Waals surface area contributed by atoms with E-state index >= 15 is 24.0 Å². The molecule has 9 rings (SSSR count). The number of hydrogen-bond acceptors (Lipinski definition) is 8. The average molecular weight is 1540 g/mol. The smallest absolute Gasteiger partial charge is 0.139 e. The quantitative estimate of drug-likeness (QED) is 0.0742. The Balaban J connectivity index is 1.06. The number of ketones is 8. The third-order valence-electron chi connectivity index (χ3n) is 33.3. The van der Waals surface area contributed by atoms with Gasteiger partial charge in [-0.15, -0.1) is 0 Å². The maximum atomic E-state index is 16.9. The molecule has 8 nitrogen and oxygen atoms in total. The minimum Gasteiger partial charge on any atom is -0.300 e. The lowest BCUT2D eigenvalue weighted by Gasteiger charge is -2.41. The van der Waals surface area contributed by atoms with Crippen molar-refractivity contribution in [2.24, 2.45) is 160 Å². The molecule has 111 heavy (non-hydrogen) atoms. The Morgan fingerprint density at radius 2 is 1.06 bits per heavy atom. The van der Waals surface area contributed by atoms with Gasteiger partial charge in [-0.05, 0) is 274 Å². The summed E-state index contributed by atoms with van der Waals surface area (Å²) in [6.07, 6.45) is 56.4. The molecular formula is C103H174O8. The molecule has 17 unspecified atom stereocenters. The van der Waals surface area contributed by atoms with Crippen LogP contribution in [0.4, 0.5) is 0 Å². The summed E-state index contributed by atoms with van der Waals surface area (Å²) < 4.78 is 0. The molecule has 0 heterocycles. The minimum atomic E-state index is -0.454. The Kier molecular flexibility index (Phi) is 39.7. The third kappa shape index (κ3) is 29.4. The standard InChI is InChI=1S/C103H174O8/c1-12-13-30-77-43-45-80(46-44-77)66-94-74(9)62-90(65-81-48-49-83-35-23-24-37-86(83)64-81)99(107)56-54-82(73(8)61-91-59-71(6)60-95(103(91)111)96(67-78-31-18-15-19-32-78)101(109)75(10)57-69(2)3)34-20-16-22-41-97(105)84-38-27-39-89(102(94)110)68-100(108)85(36-21-14-17-29-76(11)104)50-47-79(33-26-42-98(106)88(52-51-84)58-70(4)5)63-87-53-55-92-72(7)28-25-40-93(87)92/h69-75,77-96H,12-68H2,1-11H3/t71?,72?,73?,74?,75?,77?,79?,80?,81?,82-,83?,84+,85?,86?,87?,88?,89-,90?,91-,92?,93?,94?,95?,96-/m1/s1. The molecule has 8 heteroatoms. The van der Waals surface area contributed by atoms with Crippen LogP contribution in [0.15, 0.2) is 0 Å². The van der Waals surface area contributed by atoms with Crippen LogP contribution in [-0.2, 0) is 38.4 Å². The van der Waals surface area contributed by atoms with E-state index in [1.54, 1.807) is 6.92 Å². The van der Waals surface area contributed by atoms with Crippen molar-refractivity contribution < 1.29 is 38.4 Å². The molecule has 634 valence electrons. The number of carbonyl (C=O) groups is 8. The van der Waals surface area contributed by atoms with Gasteiger partial charge in [0.05, 0.1) is 0 Å². The first kappa shape index (κ1) is 92.2. The first-order chi connectivity index (χ1) is 53.4. The van der Waals surface area contributed by atoms with Crippen molar-refractivity contribution in [1.29, 1.82) is 0 Å². The maximum Gasteiger partial charge on any atom is 0.139 e. The highest BCUT2D eigenvalue weighted by atomic mass is 16.2. The molecule has 0 aromatic heterocycles. The van der Waals surface area contributed by atoms with E-state index < -0.39 is 5.92 Å². The molecule has 0 spiro atoms. The predicted molar refractivity (Wildman–Crippen MR) is 460 cm³/mol. The average Bonchev–Trinajstić information content (AvgIpc) is 1.76. The summed E-state index contributed by atoms with van der Waals surface area (Å²) in [7, 11) is 0. The fraction of sp³-hybridized carbons (Fsp3) is 0.922. The molecule has 22 atom stereocenters. The molecule has 2 bridgehead atoms. The van der Waals surface area contributed by atoms with Gasteiger partial charge in [-0.1, -0.05) is 236 Å². The van der Waals surface area contributed by atoms with Gasteiger partial charge in [-0.25, -0.2) is 0 Å². The highest BCUT2D eigenvalue weighted by Gasteiger charge is 2.47. The fourth-order valence-corrected chi connectivity index (χ4v) is 26.8. The summed E-state index contributed by atoms with van der Waals surface area (Å²) in [5, 5.41) is 0. The monoisotopic (exact) mass is 1540 g/mol. The van der Waals surface area contributed by atoms with Crippen LogP contribution in [0, 0.1) is 160 Å². The van der Waals surface area contributed by atoms with Crippen molar-refractivity contribution >= 4 is 46.3 Å². The van der Waals surface area contributed by atoms with Crippen molar-refractivity contribution in [3.05, 3.63) is 0 Å². The van der Waals surface area contributed by atoms with Crippen molar-refractivity contribution in [2.75, 3.05) is 0 Å². The Labute approximate surface area is 682 Å². The number of rotatable bonds is 27. The van der Waals surface area contributed by atoms with Crippen LogP contribution in [0.25, 0.3) is 0 Å². The molecular weight excluding hydrogens is 1370 g/mol. The normalized spacial score (nSPS) is 36.3. The summed E-state index contributed by atoms with van der Waals surface area (Å²) in [6, 6.07) is 0. The van der Waals surface area contributed by atoms with Gasteiger partial charge in [0.2, 0.25) is 0 Å². The molecule has 0 aliphatic heterocycles. The van der Waals surface area contributed by atoms with Crippen LogP contribution in [0.2, 0.25) is 0 Å². The summed E-state index contributed by atoms with van der Waals surface area (Å²) in [6.45, 7) is 24.7. The van der Waals surface area contributed by atoms with Gasteiger partial charge in [0, 0.05) is 91.3 Å². The van der Waals surface area contributed by atoms with Crippen molar-refractivity contribution in [3.63, 3.8) is 0 Å². The molecule has 0 aromatic carbocycles. The van der Waals surface area contributed by atoms with E-state index in [9.17, 15) is 14.4 Å². The zero-order valence-corrected chi connectivity index (χ0v) is 74.2. The first-order valence-corrected chi connectivity index (χ1v) is 49.6. The first-order valence-electron chi connectivity index (χ1n) is 49.6. The number of Topliss-reactive ketones (excluding diaryl/α,β-unsaturated/α-hetero) is 8. The molecule has 0 aromatic rings. The second-order valence-corrected chi connectivity index (χ2v) is 43.0. The molecule has 0 radical (unpaired) electrons. The minimum absolute atomic E-state index is 0.0295. The van der Waals surface area contributed by atoms with E-state index in [-0.39, 0.29) is 94.8 Å². The Hall–Kier alpha value is -2.64. The van der Waals surface area contributed by atoms with Gasteiger partial charge in [0.15, 0.2) is 0 Å². The van der Waals surface area contributed by atoms with Crippen LogP contribution in [0.1, 0.15) is 442 Å². The largest absolute Gasteiger partial charge is 0.300 e. The van der Waals surface area contributed by atoms with Crippen LogP contribution in [0.3, 0.4) is 0 Å². The van der Waals surface area contributed by atoms with Crippen molar-refractivity contribution in [1.82, 2.24) is 0 Å². The van der Waals surface area contributed by atoms with E-state index in [0.717, 1.165) is 196 Å². The SMILES string of the molecule is CCCCC1CCC(CC2C(=O)[C@@H]3CCC[C@@H](CCC(CC(C)C)C(=O)CCCC(CC4CCC5C(C)CCCC45)CCC(CCCCCC(C)=O)C(=O)C3)C(=O)CCCCC[C@@H](C(C)C[C@H]3CC(C)CC([C@@H](CC4CCCCC4)C(=O)C(C)CC(C)C)C3=O)CCC(=O)C(CC3CCC4CCCCC4C3)CC2C)CC1. The predicted octanol–water partition coefficient (Wildman–Crippen LogP) is 27.8. The summed E-state index contributed by atoms with van der Waals surface area (Å²) in [5.41, 5.74) is 0. The molecule has 9 fully saturated rings. The topological polar surface area (TPSA) is 137 Å². The Bertz CT molecular complexity index is 2800. The zero-order valence-electron chi connectivity index (χ0n) is 74.2. The molecule has 9 aliphatic carbocycles. The summed E-state index contributed by atoms with van der Waals surface area (Å²) in [4.78, 5) is 122. The lowest BCUT2D eigenvalue weighted by atomic mass is 9.63. The molecule has 0 N–H and O–H groups in total. The van der Waals surface area contributed by atoms with E-state index in [1.807, 2.05) is 0 Å². The van der Waals surface area contributed by atoms with Crippen LogP contribution in [-0.4, -0.2) is 46.3 Å². The highest BCUT2D eigenvalue weighted by Crippen LogP contribution is 2.53. The fourth-order valence-electron chi connectivity index (χ4n) is 26.8. The number of hydrogen-bond donors (Lipinski definition) is 0. The molecule has 0 amide bonds. The second kappa shape index (κ2) is 47.8. The van der Waals surface area contributed by atoms with E-state index in [0.29, 0.717) is 128 Å². The lowest BCUT2D eigenvalue weighted by Crippen LogP contribution is -2.42. The maximum absolute atomic E-state index is 16.9. The lowest BCUT2D eigenvalue weighted by molar-refractivity contribution is -0.141. The van der Waals surface area contributed by atoms with E-state index in [2.05, 4.69) is 69.2 Å². The van der Waals surface area contributed by atoms with Gasteiger partial charge < -0.3 is 4.79 Å². The molecule has 9 aliphatic rings. The van der Waals surface area contributed by atoms with Gasteiger partial charge in [-0.2, -0.15) is 0 Å².